The van der Waals surface area contributed by atoms with E-state index in [1.807, 2.05) is 18.4 Å². The molecule has 0 N–H and O–H groups in total. The van der Waals surface area contributed by atoms with Gasteiger partial charge in [-0.2, -0.15) is 0 Å². The second kappa shape index (κ2) is 3.09. The van der Waals surface area contributed by atoms with Crippen molar-refractivity contribution in [3.8, 4) is 0 Å². The molecule has 1 aliphatic heterocycles. The van der Waals surface area contributed by atoms with Gasteiger partial charge >= 0.3 is 6.85 Å². The molecule has 0 aromatic carbocycles. The van der Waals surface area contributed by atoms with E-state index >= 15 is 0 Å². The molecule has 0 bridgehead atoms. The van der Waals surface area contributed by atoms with Gasteiger partial charge in [-0.05, 0) is 24.4 Å². The Morgan fingerprint density at radius 1 is 1.42 bits per heavy atom. The highest BCUT2D eigenvalue weighted by atomic mass is 16.1. The van der Waals surface area contributed by atoms with Crippen LogP contribution in [0.25, 0.3) is 0 Å². The van der Waals surface area contributed by atoms with Crippen molar-refractivity contribution < 1.29 is 4.79 Å². The lowest BCUT2D eigenvalue weighted by Crippen LogP contribution is -2.30. The Morgan fingerprint density at radius 3 is 3.08 bits per heavy atom. The fraction of sp³-hybridized carbons (Fsp3) is 0.333. The molecule has 1 aliphatic carbocycles. The molecule has 0 amide bonds. The molecule has 0 fully saturated rings. The number of hydrogen-bond donors (Lipinski definition) is 0. The minimum absolute atomic E-state index is 0.148. The van der Waals surface area contributed by atoms with E-state index in [1.54, 1.807) is 0 Å². The van der Waals surface area contributed by atoms with Crippen LogP contribution in [0.1, 0.15) is 6.42 Å². The average molecular weight is 159 g/mol. The molecule has 2 nitrogen and oxygen atoms in total. The van der Waals surface area contributed by atoms with Crippen molar-refractivity contribution in [3.05, 3.63) is 24.3 Å². The van der Waals surface area contributed by atoms with Crippen molar-refractivity contribution in [1.82, 2.24) is 0 Å². The molecule has 0 aromatic rings. The second-order valence-electron chi connectivity index (χ2n) is 3.21. The predicted molar refractivity (Wildman–Crippen MR) is 51.1 cm³/mol. The van der Waals surface area contributed by atoms with E-state index in [0.717, 1.165) is 12.6 Å². The largest absolute Gasteiger partial charge is 0.356 e. The summed E-state index contributed by atoms with van der Waals surface area (Å²) >= 11 is 0. The van der Waals surface area contributed by atoms with Gasteiger partial charge in [0.15, 0.2) is 0 Å². The Kier molecular flexibility index (Phi) is 1.94. The summed E-state index contributed by atoms with van der Waals surface area (Å²) in [5, 5.41) is 0. The summed E-state index contributed by atoms with van der Waals surface area (Å²) in [5.41, 5.74) is 0. The van der Waals surface area contributed by atoms with Crippen molar-refractivity contribution in [2.24, 2.45) is 10.8 Å². The third kappa shape index (κ3) is 1.15. The van der Waals surface area contributed by atoms with Gasteiger partial charge in [-0.1, -0.05) is 24.3 Å². The van der Waals surface area contributed by atoms with E-state index in [2.05, 4.69) is 17.1 Å². The lowest BCUT2D eigenvalue weighted by molar-refractivity contribution is 0.565. The van der Waals surface area contributed by atoms with Crippen molar-refractivity contribution in [3.63, 3.8) is 0 Å². The van der Waals surface area contributed by atoms with Gasteiger partial charge in [-0.3, -0.25) is 0 Å². The van der Waals surface area contributed by atoms with E-state index in [4.69, 9.17) is 0 Å². The molecule has 0 saturated heterocycles. The highest BCUT2D eigenvalue weighted by Crippen LogP contribution is 2.32. The predicted octanol–water partition coefficient (Wildman–Crippen LogP) is 1.34. The van der Waals surface area contributed by atoms with E-state index in [1.165, 1.54) is 0 Å². The van der Waals surface area contributed by atoms with Crippen LogP contribution in [0.15, 0.2) is 29.2 Å². The van der Waals surface area contributed by atoms with Crippen molar-refractivity contribution in [2.45, 2.75) is 12.2 Å². The molecular formula is C9H10BNO. The number of fused-ring (bicyclic) bond motifs is 1. The van der Waals surface area contributed by atoms with Gasteiger partial charge in [0.25, 0.3) is 0 Å². The molecule has 12 heavy (non-hydrogen) atoms. The maximum absolute atomic E-state index is 10.6. The number of carbonyl (C=O) groups is 1. The Morgan fingerprint density at radius 2 is 2.25 bits per heavy atom. The van der Waals surface area contributed by atoms with Gasteiger partial charge in [-0.25, -0.2) is 0 Å². The first-order chi connectivity index (χ1) is 5.92. The van der Waals surface area contributed by atoms with Gasteiger partial charge in [-0.15, -0.1) is 0 Å². The third-order valence-corrected chi connectivity index (χ3v) is 2.49. The first-order valence-electron chi connectivity index (χ1n) is 4.24. The highest BCUT2D eigenvalue weighted by molar-refractivity contribution is 6.85. The van der Waals surface area contributed by atoms with Gasteiger partial charge < -0.3 is 9.70 Å². The summed E-state index contributed by atoms with van der Waals surface area (Å²) in [6.07, 6.45) is 12.1. The molecule has 1 heterocycles. The standard InChI is InChI=1S/C9H10BNO/c12-7-10-9-4-2-1-3-8(9)5-6-11-10/h1-4,6-9H,5H2. The second-order valence-corrected chi connectivity index (χ2v) is 3.21. The Balaban J connectivity index is 2.25. The number of allylic oxidation sites excluding steroid dienone is 4. The number of hydrogen-bond acceptors (Lipinski definition) is 2. The lowest BCUT2D eigenvalue weighted by Gasteiger charge is -2.26. The zero-order chi connectivity index (χ0) is 8.39. The molecule has 2 atom stereocenters. The molecule has 0 saturated carbocycles. The smallest absolute Gasteiger partial charge is 0.343 e. The fourth-order valence-electron chi connectivity index (χ4n) is 1.80. The lowest BCUT2D eigenvalue weighted by atomic mass is 9.47. The SMILES string of the molecule is O=CB1N=CCC2C=CC=CC12. The summed E-state index contributed by atoms with van der Waals surface area (Å²) in [5.74, 6) is 0.792. The number of rotatable bonds is 1. The minimum Gasteiger partial charge on any atom is -0.343 e. The van der Waals surface area contributed by atoms with Gasteiger partial charge in [0.1, 0.15) is 6.19 Å². The Hall–Kier alpha value is -1.12. The van der Waals surface area contributed by atoms with Crippen LogP contribution in [0.4, 0.5) is 0 Å². The van der Waals surface area contributed by atoms with E-state index < -0.39 is 0 Å². The topological polar surface area (TPSA) is 29.4 Å². The van der Waals surface area contributed by atoms with Crippen LogP contribution in [0.3, 0.4) is 0 Å². The maximum atomic E-state index is 10.6. The van der Waals surface area contributed by atoms with E-state index in [0.29, 0.717) is 11.7 Å². The van der Waals surface area contributed by atoms with Crippen molar-refractivity contribution in [1.29, 1.82) is 0 Å². The summed E-state index contributed by atoms with van der Waals surface area (Å²) in [7, 11) is 0. The third-order valence-electron chi connectivity index (χ3n) is 2.49. The zero-order valence-electron chi connectivity index (χ0n) is 6.76. The zero-order valence-corrected chi connectivity index (χ0v) is 6.76. The molecular weight excluding hydrogens is 149 g/mol. The van der Waals surface area contributed by atoms with Gasteiger partial charge in [0, 0.05) is 0 Å². The minimum atomic E-state index is -0.148. The molecule has 60 valence electrons. The molecule has 0 aromatic heterocycles. The molecule has 2 aliphatic rings. The van der Waals surface area contributed by atoms with Crippen LogP contribution in [0.2, 0.25) is 5.82 Å². The number of nitrogens with zero attached hydrogens (tertiary/aromatic N) is 1. The van der Waals surface area contributed by atoms with Crippen LogP contribution in [-0.4, -0.2) is 19.2 Å². The average Bonchev–Trinajstić information content (AvgIpc) is 2.17. The van der Waals surface area contributed by atoms with Crippen LogP contribution >= 0.6 is 0 Å². The van der Waals surface area contributed by atoms with E-state index in [9.17, 15) is 4.79 Å². The van der Waals surface area contributed by atoms with Crippen molar-refractivity contribution >= 4 is 19.2 Å². The summed E-state index contributed by atoms with van der Waals surface area (Å²) in [6.45, 7) is -0.148. The quantitative estimate of drug-likeness (QED) is 0.419. The number of carbonyl (C=O) groups excluding carboxylic acids is 1. The maximum Gasteiger partial charge on any atom is 0.356 e. The summed E-state index contributed by atoms with van der Waals surface area (Å²) in [6, 6.07) is 0. The molecule has 2 unspecified atom stereocenters. The molecule has 0 radical (unpaired) electrons. The monoisotopic (exact) mass is 159 g/mol. The summed E-state index contributed by atoms with van der Waals surface area (Å²) in [4.78, 5) is 14.8. The molecule has 2 rings (SSSR count). The normalized spacial score (nSPS) is 31.8. The molecule has 3 heteroatoms. The van der Waals surface area contributed by atoms with Gasteiger partial charge in [0.2, 0.25) is 0 Å². The van der Waals surface area contributed by atoms with Crippen LogP contribution in [0, 0.1) is 5.92 Å². The van der Waals surface area contributed by atoms with Crippen molar-refractivity contribution in [2.75, 3.05) is 0 Å². The fourth-order valence-corrected chi connectivity index (χ4v) is 1.80. The summed E-state index contributed by atoms with van der Waals surface area (Å²) < 4.78 is 0. The molecule has 0 spiro atoms. The van der Waals surface area contributed by atoms with Gasteiger partial charge in [0.05, 0.1) is 0 Å². The Labute approximate surface area is 72.2 Å². The first-order valence-corrected chi connectivity index (χ1v) is 4.24. The first kappa shape index (κ1) is 7.53. The van der Waals surface area contributed by atoms with Crippen LogP contribution in [-0.2, 0) is 4.79 Å². The highest BCUT2D eigenvalue weighted by Gasteiger charge is 2.32. The van der Waals surface area contributed by atoms with Crippen LogP contribution < -0.4 is 0 Å². The Bertz CT molecular complexity index is 270. The van der Waals surface area contributed by atoms with E-state index in [-0.39, 0.29) is 6.85 Å². The van der Waals surface area contributed by atoms with Crippen LogP contribution in [0.5, 0.6) is 0 Å².